The van der Waals surface area contributed by atoms with Gasteiger partial charge in [-0.2, -0.15) is 0 Å². The number of fused-ring (bicyclic) bond motifs is 1. The first-order valence-corrected chi connectivity index (χ1v) is 6.69. The normalized spacial score (nSPS) is 10.6. The van der Waals surface area contributed by atoms with Crippen molar-refractivity contribution in [1.29, 1.82) is 0 Å². The highest BCUT2D eigenvalue weighted by atomic mass is 16.4. The molecule has 0 aliphatic heterocycles. The lowest BCUT2D eigenvalue weighted by Crippen LogP contribution is -2.12. The van der Waals surface area contributed by atoms with Crippen molar-refractivity contribution in [2.45, 2.75) is 6.92 Å². The molecular weight excluding hydrogens is 282 g/mol. The van der Waals surface area contributed by atoms with Crippen LogP contribution in [0.15, 0.2) is 52.9 Å². The molecule has 2 aromatic carbocycles. The van der Waals surface area contributed by atoms with Crippen LogP contribution in [0.1, 0.15) is 26.5 Å². The number of carbonyl (C=O) groups is 2. The van der Waals surface area contributed by atoms with Crippen molar-refractivity contribution in [1.82, 2.24) is 0 Å². The van der Waals surface area contributed by atoms with E-state index >= 15 is 0 Å². The Morgan fingerprint density at radius 3 is 2.59 bits per heavy atom. The number of carboxylic acids is 1. The van der Waals surface area contributed by atoms with Gasteiger partial charge < -0.3 is 14.8 Å². The van der Waals surface area contributed by atoms with Gasteiger partial charge in [0.05, 0.1) is 5.56 Å². The van der Waals surface area contributed by atoms with Crippen LogP contribution >= 0.6 is 0 Å². The number of carboxylic acid groups (broad SMARTS) is 1. The third kappa shape index (κ3) is 2.44. The zero-order valence-electron chi connectivity index (χ0n) is 11.8. The second-order valence-electron chi connectivity index (χ2n) is 4.89. The highest BCUT2D eigenvalue weighted by molar-refractivity contribution is 6.06. The lowest BCUT2D eigenvalue weighted by molar-refractivity contribution is 0.0696. The van der Waals surface area contributed by atoms with E-state index in [4.69, 9.17) is 9.52 Å². The lowest BCUT2D eigenvalue weighted by atomic mass is 10.1. The predicted molar refractivity (Wildman–Crippen MR) is 82.3 cm³/mol. The van der Waals surface area contributed by atoms with Gasteiger partial charge in [-0.05, 0) is 31.2 Å². The minimum absolute atomic E-state index is 0.110. The number of amides is 1. The number of hydrogen-bond donors (Lipinski definition) is 2. The van der Waals surface area contributed by atoms with E-state index in [0.717, 1.165) is 10.9 Å². The van der Waals surface area contributed by atoms with Gasteiger partial charge in [0.15, 0.2) is 5.76 Å². The fraction of sp³-hybridized carbons (Fsp3) is 0.0588. The average molecular weight is 295 g/mol. The lowest BCUT2D eigenvalue weighted by Gasteiger charge is -2.04. The summed E-state index contributed by atoms with van der Waals surface area (Å²) < 4.78 is 5.58. The molecule has 0 saturated carbocycles. The summed E-state index contributed by atoms with van der Waals surface area (Å²) in [6.07, 6.45) is 0. The number of furan rings is 1. The van der Waals surface area contributed by atoms with Crippen molar-refractivity contribution in [3.05, 3.63) is 65.4 Å². The third-order valence-corrected chi connectivity index (χ3v) is 3.42. The largest absolute Gasteiger partial charge is 0.478 e. The first-order valence-electron chi connectivity index (χ1n) is 6.69. The topological polar surface area (TPSA) is 79.5 Å². The molecule has 5 heteroatoms. The van der Waals surface area contributed by atoms with Gasteiger partial charge in [0, 0.05) is 16.6 Å². The van der Waals surface area contributed by atoms with E-state index in [1.165, 1.54) is 12.1 Å². The molecule has 110 valence electrons. The van der Waals surface area contributed by atoms with Crippen LogP contribution in [0.3, 0.4) is 0 Å². The Balaban J connectivity index is 1.92. The number of anilines is 1. The molecule has 0 aliphatic carbocycles. The van der Waals surface area contributed by atoms with Gasteiger partial charge in [-0.25, -0.2) is 4.79 Å². The zero-order valence-corrected chi connectivity index (χ0v) is 11.8. The maximum absolute atomic E-state index is 12.3. The number of hydrogen-bond acceptors (Lipinski definition) is 3. The molecule has 3 aromatic rings. The SMILES string of the molecule is Cc1c(C(=O)Nc2cccc(C(=O)O)c2)oc2ccccc12. The van der Waals surface area contributed by atoms with E-state index in [1.54, 1.807) is 18.2 Å². The highest BCUT2D eigenvalue weighted by Crippen LogP contribution is 2.25. The van der Waals surface area contributed by atoms with Gasteiger partial charge in [-0.15, -0.1) is 0 Å². The Morgan fingerprint density at radius 2 is 1.86 bits per heavy atom. The maximum atomic E-state index is 12.3. The number of carbonyl (C=O) groups excluding carboxylic acids is 1. The zero-order chi connectivity index (χ0) is 15.7. The molecule has 0 spiro atoms. The van der Waals surface area contributed by atoms with Crippen LogP contribution in [0, 0.1) is 6.92 Å². The number of aromatic carboxylic acids is 1. The fourth-order valence-corrected chi connectivity index (χ4v) is 2.31. The van der Waals surface area contributed by atoms with Gasteiger partial charge in [-0.1, -0.05) is 24.3 Å². The Labute approximate surface area is 126 Å². The van der Waals surface area contributed by atoms with Crippen LogP contribution in [0.5, 0.6) is 0 Å². The number of para-hydroxylation sites is 1. The second kappa shape index (κ2) is 5.37. The smallest absolute Gasteiger partial charge is 0.335 e. The van der Waals surface area contributed by atoms with Crippen molar-refractivity contribution >= 4 is 28.5 Å². The molecule has 5 nitrogen and oxygen atoms in total. The molecule has 0 fully saturated rings. The molecule has 1 aromatic heterocycles. The molecule has 1 heterocycles. The van der Waals surface area contributed by atoms with Crippen molar-refractivity contribution in [2.75, 3.05) is 5.32 Å². The van der Waals surface area contributed by atoms with Gasteiger partial charge >= 0.3 is 5.97 Å². The summed E-state index contributed by atoms with van der Waals surface area (Å²) in [6, 6.07) is 13.5. The highest BCUT2D eigenvalue weighted by Gasteiger charge is 2.17. The van der Waals surface area contributed by atoms with E-state index in [1.807, 2.05) is 25.1 Å². The molecule has 22 heavy (non-hydrogen) atoms. The summed E-state index contributed by atoms with van der Waals surface area (Å²) in [4.78, 5) is 23.3. The van der Waals surface area contributed by atoms with Crippen molar-refractivity contribution in [3.63, 3.8) is 0 Å². The predicted octanol–water partition coefficient (Wildman–Crippen LogP) is 3.69. The molecular formula is C17H13NO4. The standard InChI is InChI=1S/C17H13NO4/c1-10-13-7-2-3-8-14(13)22-15(10)16(19)18-12-6-4-5-11(9-12)17(20)21/h2-9H,1H3,(H,18,19)(H,20,21). The molecule has 1 amide bonds. The molecule has 0 atom stereocenters. The van der Waals surface area contributed by atoms with Gasteiger partial charge in [0.25, 0.3) is 5.91 Å². The maximum Gasteiger partial charge on any atom is 0.335 e. The summed E-state index contributed by atoms with van der Waals surface area (Å²) in [6.45, 7) is 1.81. The van der Waals surface area contributed by atoms with E-state index in [2.05, 4.69) is 5.32 Å². The molecule has 0 aliphatic rings. The minimum atomic E-state index is -1.05. The summed E-state index contributed by atoms with van der Waals surface area (Å²) in [5, 5.41) is 12.5. The van der Waals surface area contributed by atoms with Gasteiger partial charge in [0.1, 0.15) is 5.58 Å². The van der Waals surface area contributed by atoms with Crippen LogP contribution in [-0.2, 0) is 0 Å². The van der Waals surface area contributed by atoms with E-state index in [0.29, 0.717) is 11.3 Å². The van der Waals surface area contributed by atoms with Crippen molar-refractivity contribution in [3.8, 4) is 0 Å². The summed E-state index contributed by atoms with van der Waals surface area (Å²) in [5.41, 5.74) is 1.91. The summed E-state index contributed by atoms with van der Waals surface area (Å²) >= 11 is 0. The van der Waals surface area contributed by atoms with Crippen LogP contribution in [0.4, 0.5) is 5.69 Å². The Kier molecular flexibility index (Phi) is 3.39. The molecule has 0 bridgehead atoms. The molecule has 2 N–H and O–H groups in total. The molecule has 3 rings (SSSR count). The molecule has 0 radical (unpaired) electrons. The molecule has 0 unspecified atom stereocenters. The fourth-order valence-electron chi connectivity index (χ4n) is 2.31. The van der Waals surface area contributed by atoms with Crippen molar-refractivity contribution < 1.29 is 19.1 Å². The Morgan fingerprint density at radius 1 is 1.09 bits per heavy atom. The Bertz CT molecular complexity index is 879. The van der Waals surface area contributed by atoms with E-state index in [9.17, 15) is 9.59 Å². The summed E-state index contributed by atoms with van der Waals surface area (Å²) in [5.74, 6) is -1.23. The van der Waals surface area contributed by atoms with Gasteiger partial charge in [0.2, 0.25) is 0 Å². The van der Waals surface area contributed by atoms with Crippen LogP contribution in [0.25, 0.3) is 11.0 Å². The van der Waals surface area contributed by atoms with Crippen LogP contribution in [-0.4, -0.2) is 17.0 Å². The van der Waals surface area contributed by atoms with Crippen LogP contribution in [0.2, 0.25) is 0 Å². The first-order chi connectivity index (χ1) is 10.6. The van der Waals surface area contributed by atoms with E-state index < -0.39 is 11.9 Å². The Hall–Kier alpha value is -3.08. The first kappa shape index (κ1) is 13.9. The third-order valence-electron chi connectivity index (χ3n) is 3.42. The quantitative estimate of drug-likeness (QED) is 0.772. The monoisotopic (exact) mass is 295 g/mol. The summed E-state index contributed by atoms with van der Waals surface area (Å²) in [7, 11) is 0. The number of aryl methyl sites for hydroxylation is 1. The second-order valence-corrected chi connectivity index (χ2v) is 4.89. The van der Waals surface area contributed by atoms with Crippen molar-refractivity contribution in [2.24, 2.45) is 0 Å². The van der Waals surface area contributed by atoms with Gasteiger partial charge in [-0.3, -0.25) is 4.79 Å². The number of benzene rings is 2. The number of rotatable bonds is 3. The molecule has 0 saturated heterocycles. The minimum Gasteiger partial charge on any atom is -0.478 e. The van der Waals surface area contributed by atoms with E-state index in [-0.39, 0.29) is 11.3 Å². The average Bonchev–Trinajstić information content (AvgIpc) is 2.85. The number of nitrogens with one attached hydrogen (secondary N) is 1. The van der Waals surface area contributed by atoms with Crippen LogP contribution < -0.4 is 5.32 Å².